The maximum absolute atomic E-state index is 12.7. The lowest BCUT2D eigenvalue weighted by Gasteiger charge is -2.23. The molecule has 0 amide bonds. The molecule has 20 heavy (non-hydrogen) atoms. The van der Waals surface area contributed by atoms with Gasteiger partial charge in [0.2, 0.25) is 0 Å². The molecule has 0 atom stereocenters. The third kappa shape index (κ3) is 2.85. The van der Waals surface area contributed by atoms with Crippen molar-refractivity contribution in [3.05, 3.63) is 59.7 Å². The number of benzene rings is 2. The van der Waals surface area contributed by atoms with Gasteiger partial charge in [-0.15, -0.1) is 0 Å². The van der Waals surface area contributed by atoms with Crippen molar-refractivity contribution >= 4 is 15.7 Å². The molecule has 0 radical (unpaired) electrons. The quantitative estimate of drug-likeness (QED) is 0.863. The number of aryl methyl sites for hydroxylation is 2. The van der Waals surface area contributed by atoms with Crippen LogP contribution in [0.2, 0.25) is 0 Å². The van der Waals surface area contributed by atoms with Crippen molar-refractivity contribution in [1.29, 1.82) is 0 Å². The van der Waals surface area contributed by atoms with Crippen LogP contribution >= 0.6 is 0 Å². The van der Waals surface area contributed by atoms with Crippen LogP contribution in [0.25, 0.3) is 0 Å². The Labute approximate surface area is 120 Å². The summed E-state index contributed by atoms with van der Waals surface area (Å²) in [5, 5.41) is 0. The summed E-state index contributed by atoms with van der Waals surface area (Å²) in [6, 6.07) is 14.4. The SMILES string of the molecule is CCN(c1cc(C)cc(C)c1)S(=O)(=O)c1ccccc1. The molecule has 2 aromatic carbocycles. The standard InChI is InChI=1S/C16H19NO2S/c1-4-17(15-11-13(2)10-14(3)12-15)20(18,19)16-8-6-5-7-9-16/h5-12H,4H2,1-3H3. The maximum Gasteiger partial charge on any atom is 0.264 e. The molecular formula is C16H19NO2S. The summed E-state index contributed by atoms with van der Waals surface area (Å²) in [7, 11) is -3.50. The Morgan fingerprint density at radius 3 is 2.00 bits per heavy atom. The third-order valence-electron chi connectivity index (χ3n) is 3.11. The lowest BCUT2D eigenvalue weighted by Crippen LogP contribution is -2.30. The molecule has 3 nitrogen and oxygen atoms in total. The van der Waals surface area contributed by atoms with E-state index >= 15 is 0 Å². The minimum atomic E-state index is -3.50. The van der Waals surface area contributed by atoms with Crippen molar-refractivity contribution < 1.29 is 8.42 Å². The molecule has 0 heterocycles. The highest BCUT2D eigenvalue weighted by Crippen LogP contribution is 2.25. The van der Waals surface area contributed by atoms with Gasteiger partial charge in [0.25, 0.3) is 10.0 Å². The second-order valence-corrected chi connectivity index (χ2v) is 6.69. The molecule has 0 saturated carbocycles. The van der Waals surface area contributed by atoms with E-state index in [4.69, 9.17) is 0 Å². The molecule has 0 aromatic heterocycles. The van der Waals surface area contributed by atoms with Crippen LogP contribution in [0.5, 0.6) is 0 Å². The smallest absolute Gasteiger partial charge is 0.264 e. The highest BCUT2D eigenvalue weighted by molar-refractivity contribution is 7.92. The van der Waals surface area contributed by atoms with Crippen LogP contribution in [0.3, 0.4) is 0 Å². The van der Waals surface area contributed by atoms with Gasteiger partial charge < -0.3 is 0 Å². The van der Waals surface area contributed by atoms with E-state index in [2.05, 4.69) is 0 Å². The predicted octanol–water partition coefficient (Wildman–Crippen LogP) is 3.52. The minimum absolute atomic E-state index is 0.320. The van der Waals surface area contributed by atoms with E-state index in [1.54, 1.807) is 24.3 Å². The van der Waals surface area contributed by atoms with Crippen molar-refractivity contribution in [3.63, 3.8) is 0 Å². The lowest BCUT2D eigenvalue weighted by molar-refractivity contribution is 0.592. The molecule has 2 aromatic rings. The lowest BCUT2D eigenvalue weighted by atomic mass is 10.1. The van der Waals surface area contributed by atoms with E-state index in [0.717, 1.165) is 11.1 Å². The molecule has 0 unspecified atom stereocenters. The van der Waals surface area contributed by atoms with Crippen LogP contribution in [0.15, 0.2) is 53.4 Å². The van der Waals surface area contributed by atoms with Gasteiger partial charge in [0, 0.05) is 6.54 Å². The first-order valence-electron chi connectivity index (χ1n) is 6.61. The van der Waals surface area contributed by atoms with Crippen molar-refractivity contribution in [2.24, 2.45) is 0 Å². The molecule has 0 bridgehead atoms. The molecule has 0 aliphatic rings. The zero-order valence-corrected chi connectivity index (χ0v) is 12.8. The zero-order chi connectivity index (χ0) is 14.8. The Morgan fingerprint density at radius 2 is 1.50 bits per heavy atom. The van der Waals surface area contributed by atoms with Crippen LogP contribution < -0.4 is 4.31 Å². The van der Waals surface area contributed by atoms with Crippen molar-refractivity contribution in [2.45, 2.75) is 25.7 Å². The summed E-state index contributed by atoms with van der Waals surface area (Å²) in [4.78, 5) is 0.320. The Kier molecular flexibility index (Phi) is 4.14. The number of rotatable bonds is 4. The molecule has 0 saturated heterocycles. The van der Waals surface area contributed by atoms with Gasteiger partial charge in [-0.2, -0.15) is 0 Å². The fraction of sp³-hybridized carbons (Fsp3) is 0.250. The first kappa shape index (κ1) is 14.6. The van der Waals surface area contributed by atoms with E-state index in [0.29, 0.717) is 17.1 Å². The molecule has 106 valence electrons. The van der Waals surface area contributed by atoms with Crippen LogP contribution in [0, 0.1) is 13.8 Å². The van der Waals surface area contributed by atoms with Gasteiger partial charge in [0.15, 0.2) is 0 Å². The second kappa shape index (κ2) is 5.67. The van der Waals surface area contributed by atoms with Crippen molar-refractivity contribution in [2.75, 3.05) is 10.8 Å². The van der Waals surface area contributed by atoms with E-state index in [-0.39, 0.29) is 0 Å². The van der Waals surface area contributed by atoms with Crippen LogP contribution in [0.1, 0.15) is 18.1 Å². The van der Waals surface area contributed by atoms with E-state index in [9.17, 15) is 8.42 Å². The molecule has 0 fully saturated rings. The van der Waals surface area contributed by atoms with Gasteiger partial charge in [-0.05, 0) is 56.2 Å². The number of hydrogen-bond acceptors (Lipinski definition) is 2. The Bertz CT molecular complexity index is 673. The van der Waals surface area contributed by atoms with Crippen LogP contribution in [-0.4, -0.2) is 15.0 Å². The Balaban J connectivity index is 2.52. The number of hydrogen-bond donors (Lipinski definition) is 0. The van der Waals surface area contributed by atoms with Crippen LogP contribution in [0.4, 0.5) is 5.69 Å². The van der Waals surface area contributed by atoms with Crippen LogP contribution in [-0.2, 0) is 10.0 Å². The fourth-order valence-electron chi connectivity index (χ4n) is 2.31. The zero-order valence-electron chi connectivity index (χ0n) is 12.0. The molecule has 2 rings (SSSR count). The molecule has 0 spiro atoms. The Hall–Kier alpha value is -1.81. The van der Waals surface area contributed by atoms with Gasteiger partial charge in [-0.1, -0.05) is 24.3 Å². The average molecular weight is 289 g/mol. The average Bonchev–Trinajstić information content (AvgIpc) is 2.39. The molecule has 4 heteroatoms. The summed E-state index contributed by atoms with van der Waals surface area (Å²) in [5.74, 6) is 0. The van der Waals surface area contributed by atoms with Crippen molar-refractivity contribution in [1.82, 2.24) is 0 Å². The third-order valence-corrected chi connectivity index (χ3v) is 5.03. The van der Waals surface area contributed by atoms with E-state index < -0.39 is 10.0 Å². The second-order valence-electron chi connectivity index (χ2n) is 4.83. The summed E-state index contributed by atoms with van der Waals surface area (Å²) in [5.41, 5.74) is 2.83. The normalized spacial score (nSPS) is 11.3. The highest BCUT2D eigenvalue weighted by Gasteiger charge is 2.23. The maximum atomic E-state index is 12.7. The number of sulfonamides is 1. The van der Waals surface area contributed by atoms with E-state index in [1.165, 1.54) is 4.31 Å². The fourth-order valence-corrected chi connectivity index (χ4v) is 3.78. The number of nitrogens with zero attached hydrogens (tertiary/aromatic N) is 1. The summed E-state index contributed by atoms with van der Waals surface area (Å²) < 4.78 is 26.9. The minimum Gasteiger partial charge on any atom is -0.267 e. The molecule has 0 N–H and O–H groups in total. The predicted molar refractivity (Wildman–Crippen MR) is 82.6 cm³/mol. The van der Waals surface area contributed by atoms with Gasteiger partial charge in [-0.3, -0.25) is 4.31 Å². The van der Waals surface area contributed by atoms with Crippen molar-refractivity contribution in [3.8, 4) is 0 Å². The first-order chi connectivity index (χ1) is 9.45. The number of anilines is 1. The summed E-state index contributed by atoms with van der Waals surface area (Å²) in [6.45, 7) is 6.19. The summed E-state index contributed by atoms with van der Waals surface area (Å²) in [6.07, 6.45) is 0. The largest absolute Gasteiger partial charge is 0.267 e. The first-order valence-corrected chi connectivity index (χ1v) is 8.05. The molecular weight excluding hydrogens is 270 g/mol. The van der Waals surface area contributed by atoms with Gasteiger partial charge in [0.05, 0.1) is 10.6 Å². The monoisotopic (exact) mass is 289 g/mol. The topological polar surface area (TPSA) is 37.4 Å². The molecule has 0 aliphatic heterocycles. The van der Waals surface area contributed by atoms with Gasteiger partial charge in [0.1, 0.15) is 0 Å². The Morgan fingerprint density at radius 1 is 0.950 bits per heavy atom. The van der Waals surface area contributed by atoms with E-state index in [1.807, 2.05) is 45.0 Å². The van der Waals surface area contributed by atoms with Gasteiger partial charge >= 0.3 is 0 Å². The van der Waals surface area contributed by atoms with Gasteiger partial charge in [-0.25, -0.2) is 8.42 Å². The molecule has 0 aliphatic carbocycles. The summed E-state index contributed by atoms with van der Waals surface area (Å²) >= 11 is 0. The highest BCUT2D eigenvalue weighted by atomic mass is 32.2.